The van der Waals surface area contributed by atoms with Gasteiger partial charge in [0.15, 0.2) is 0 Å². The third kappa shape index (κ3) is 4.26. The summed E-state index contributed by atoms with van der Waals surface area (Å²) < 4.78 is 0. The van der Waals surface area contributed by atoms with Gasteiger partial charge in [-0.1, -0.05) is 11.6 Å². The Labute approximate surface area is 122 Å². The first-order valence-corrected chi connectivity index (χ1v) is 7.67. The van der Waals surface area contributed by atoms with Crippen LogP contribution in [0.15, 0.2) is 12.1 Å². The number of halogens is 1. The average molecular weight is 303 g/mol. The molecule has 1 atom stereocenters. The van der Waals surface area contributed by atoms with Crippen molar-refractivity contribution in [2.24, 2.45) is 5.84 Å². The summed E-state index contributed by atoms with van der Waals surface area (Å²) in [6, 6.07) is 3.36. The van der Waals surface area contributed by atoms with Crippen LogP contribution in [-0.4, -0.2) is 40.9 Å². The molecule has 5 nitrogen and oxygen atoms in total. The first-order chi connectivity index (χ1) is 9.01. The molecule has 0 spiro atoms. The predicted molar refractivity (Wildman–Crippen MR) is 81.6 cm³/mol. The molecule has 0 saturated heterocycles. The summed E-state index contributed by atoms with van der Waals surface area (Å²) in [7, 11) is 1.76. The predicted octanol–water partition coefficient (Wildman–Crippen LogP) is 2.23. The van der Waals surface area contributed by atoms with Gasteiger partial charge in [0.25, 0.3) is 5.91 Å². The topological polar surface area (TPSA) is 71.2 Å². The van der Waals surface area contributed by atoms with Crippen LogP contribution < -0.4 is 11.3 Å². The first-order valence-electron chi connectivity index (χ1n) is 5.90. The van der Waals surface area contributed by atoms with E-state index in [1.54, 1.807) is 35.8 Å². The number of hydrogen-bond acceptors (Lipinski definition) is 5. The molecule has 106 valence electrons. The number of rotatable bonds is 6. The third-order valence-electron chi connectivity index (χ3n) is 2.92. The van der Waals surface area contributed by atoms with Gasteiger partial charge in [-0.15, -0.1) is 0 Å². The number of carbonyl (C=O) groups is 1. The van der Waals surface area contributed by atoms with Crippen molar-refractivity contribution in [2.45, 2.75) is 19.4 Å². The second-order valence-corrected chi connectivity index (χ2v) is 5.61. The average Bonchev–Trinajstić information content (AvgIpc) is 2.43. The van der Waals surface area contributed by atoms with Crippen molar-refractivity contribution in [3.63, 3.8) is 0 Å². The maximum absolute atomic E-state index is 12.3. The Balaban J connectivity index is 2.86. The van der Waals surface area contributed by atoms with Gasteiger partial charge in [-0.25, -0.2) is 10.8 Å². The highest BCUT2D eigenvalue weighted by molar-refractivity contribution is 7.98. The van der Waals surface area contributed by atoms with Crippen LogP contribution in [-0.2, 0) is 0 Å². The quantitative estimate of drug-likeness (QED) is 0.623. The number of thioether (sulfide) groups is 1. The fraction of sp³-hybridized carbons (Fsp3) is 0.500. The smallest absolute Gasteiger partial charge is 0.274 e. The lowest BCUT2D eigenvalue weighted by atomic mass is 10.2. The number of hydrogen-bond donors (Lipinski definition) is 2. The Bertz CT molecular complexity index is 444. The second-order valence-electron chi connectivity index (χ2n) is 4.22. The number of nitrogens with two attached hydrogens (primary N) is 1. The number of aromatic nitrogens is 1. The van der Waals surface area contributed by atoms with Gasteiger partial charge in [0.1, 0.15) is 11.5 Å². The van der Waals surface area contributed by atoms with Crippen molar-refractivity contribution < 1.29 is 4.79 Å². The van der Waals surface area contributed by atoms with E-state index >= 15 is 0 Å². The SMILES string of the molecule is CSCCC(C)N(C)C(=O)c1nc(NN)ccc1Cl. The standard InChI is InChI=1S/C12H19ClN4OS/c1-8(6-7-19-3)17(2)12(18)11-9(13)4-5-10(15-11)16-14/h4-5,8H,6-7,14H2,1-3H3,(H,15,16). The van der Waals surface area contributed by atoms with Crippen molar-refractivity contribution in [3.05, 3.63) is 22.8 Å². The molecule has 0 aliphatic carbocycles. The van der Waals surface area contributed by atoms with Crippen LogP contribution in [0.3, 0.4) is 0 Å². The summed E-state index contributed by atoms with van der Waals surface area (Å²) in [5, 5.41) is 0.327. The monoisotopic (exact) mass is 302 g/mol. The fourth-order valence-corrected chi connectivity index (χ4v) is 2.28. The largest absolute Gasteiger partial charge is 0.338 e. The number of nitrogens with zero attached hydrogens (tertiary/aromatic N) is 2. The van der Waals surface area contributed by atoms with E-state index in [2.05, 4.69) is 10.4 Å². The van der Waals surface area contributed by atoms with Crippen LogP contribution >= 0.6 is 23.4 Å². The molecule has 0 aliphatic rings. The summed E-state index contributed by atoms with van der Waals surface area (Å²) in [5.74, 6) is 6.51. The maximum Gasteiger partial charge on any atom is 0.274 e. The van der Waals surface area contributed by atoms with Gasteiger partial charge >= 0.3 is 0 Å². The van der Waals surface area contributed by atoms with Crippen LogP contribution in [0.4, 0.5) is 5.82 Å². The second kappa shape index (κ2) is 7.57. The van der Waals surface area contributed by atoms with Crippen molar-refractivity contribution in [2.75, 3.05) is 24.5 Å². The molecule has 0 fully saturated rings. The van der Waals surface area contributed by atoms with E-state index in [0.717, 1.165) is 12.2 Å². The van der Waals surface area contributed by atoms with Crippen LogP contribution in [0.1, 0.15) is 23.8 Å². The van der Waals surface area contributed by atoms with Gasteiger partial charge < -0.3 is 10.3 Å². The number of carbonyl (C=O) groups excluding carboxylic acids is 1. The number of nitrogens with one attached hydrogen (secondary N) is 1. The molecule has 0 bridgehead atoms. The lowest BCUT2D eigenvalue weighted by Gasteiger charge is -2.24. The first kappa shape index (κ1) is 16.1. The number of nitrogen functional groups attached to an aromatic ring is 1. The summed E-state index contributed by atoms with van der Waals surface area (Å²) in [5.41, 5.74) is 2.63. The number of amides is 1. The molecule has 1 aromatic heterocycles. The molecule has 0 aliphatic heterocycles. The molecule has 0 saturated carbocycles. The van der Waals surface area contributed by atoms with E-state index in [1.807, 2.05) is 13.2 Å². The lowest BCUT2D eigenvalue weighted by molar-refractivity contribution is 0.0736. The van der Waals surface area contributed by atoms with E-state index < -0.39 is 0 Å². The normalized spacial score (nSPS) is 12.1. The number of hydrazine groups is 1. The zero-order valence-electron chi connectivity index (χ0n) is 11.3. The van der Waals surface area contributed by atoms with Crippen molar-refractivity contribution in [3.8, 4) is 0 Å². The minimum atomic E-state index is -0.198. The summed E-state index contributed by atoms with van der Waals surface area (Å²) in [6.07, 6.45) is 2.97. The van der Waals surface area contributed by atoms with E-state index in [4.69, 9.17) is 17.4 Å². The molecule has 7 heteroatoms. The van der Waals surface area contributed by atoms with Crippen LogP contribution in [0.25, 0.3) is 0 Å². The third-order valence-corrected chi connectivity index (χ3v) is 3.87. The van der Waals surface area contributed by atoms with E-state index in [9.17, 15) is 4.79 Å². The van der Waals surface area contributed by atoms with Crippen molar-refractivity contribution in [1.82, 2.24) is 9.88 Å². The Kier molecular flexibility index (Phi) is 6.41. The molecule has 1 amide bonds. The molecule has 1 rings (SSSR count). The molecule has 1 aromatic rings. The van der Waals surface area contributed by atoms with Gasteiger partial charge in [-0.2, -0.15) is 11.8 Å². The summed E-state index contributed by atoms with van der Waals surface area (Å²) in [6.45, 7) is 2.01. The Morgan fingerprint density at radius 1 is 1.63 bits per heavy atom. The Morgan fingerprint density at radius 3 is 2.89 bits per heavy atom. The lowest BCUT2D eigenvalue weighted by Crippen LogP contribution is -2.36. The zero-order chi connectivity index (χ0) is 14.4. The van der Waals surface area contributed by atoms with Gasteiger partial charge in [0, 0.05) is 13.1 Å². The van der Waals surface area contributed by atoms with Gasteiger partial charge in [-0.05, 0) is 37.5 Å². The molecule has 19 heavy (non-hydrogen) atoms. The van der Waals surface area contributed by atoms with Crippen LogP contribution in [0, 0.1) is 0 Å². The fourth-order valence-electron chi connectivity index (χ4n) is 1.52. The highest BCUT2D eigenvalue weighted by atomic mass is 35.5. The van der Waals surface area contributed by atoms with Crippen molar-refractivity contribution in [1.29, 1.82) is 0 Å². The molecule has 1 heterocycles. The Hall–Kier alpha value is -0.980. The van der Waals surface area contributed by atoms with E-state index in [-0.39, 0.29) is 17.6 Å². The molecule has 0 radical (unpaired) electrons. The van der Waals surface area contributed by atoms with Crippen molar-refractivity contribution >= 4 is 35.1 Å². The van der Waals surface area contributed by atoms with Crippen LogP contribution in [0.2, 0.25) is 5.02 Å². The summed E-state index contributed by atoms with van der Waals surface area (Å²) in [4.78, 5) is 18.1. The Morgan fingerprint density at radius 2 is 2.32 bits per heavy atom. The van der Waals surface area contributed by atoms with Crippen LogP contribution in [0.5, 0.6) is 0 Å². The van der Waals surface area contributed by atoms with Gasteiger partial charge in [0.2, 0.25) is 0 Å². The zero-order valence-corrected chi connectivity index (χ0v) is 12.9. The van der Waals surface area contributed by atoms with Gasteiger partial charge in [-0.3, -0.25) is 4.79 Å². The minimum Gasteiger partial charge on any atom is -0.338 e. The highest BCUT2D eigenvalue weighted by Gasteiger charge is 2.21. The molecule has 3 N–H and O–H groups in total. The maximum atomic E-state index is 12.3. The molecule has 1 unspecified atom stereocenters. The molecule has 0 aromatic carbocycles. The highest BCUT2D eigenvalue weighted by Crippen LogP contribution is 2.19. The minimum absolute atomic E-state index is 0.132. The molecular weight excluding hydrogens is 284 g/mol. The number of anilines is 1. The van der Waals surface area contributed by atoms with Gasteiger partial charge in [0.05, 0.1) is 5.02 Å². The van der Waals surface area contributed by atoms with E-state index in [1.165, 1.54) is 0 Å². The summed E-state index contributed by atoms with van der Waals surface area (Å²) >= 11 is 7.78. The van der Waals surface area contributed by atoms with E-state index in [0.29, 0.717) is 10.8 Å². The number of pyridine rings is 1. The molecular formula is C12H19ClN4OS.